The first-order valence-electron chi connectivity index (χ1n) is 7.51. The first-order valence-corrected chi connectivity index (χ1v) is 7.51. The van der Waals surface area contributed by atoms with Gasteiger partial charge in [0.05, 0.1) is 19.9 Å². The van der Waals surface area contributed by atoms with Crippen LogP contribution in [-0.4, -0.2) is 33.4 Å². The molecule has 2 N–H and O–H groups in total. The Kier molecular flexibility index (Phi) is 4.01. The predicted octanol–water partition coefficient (Wildman–Crippen LogP) is 2.50. The van der Waals surface area contributed by atoms with Gasteiger partial charge in [-0.3, -0.25) is 0 Å². The van der Waals surface area contributed by atoms with Gasteiger partial charge in [0.15, 0.2) is 0 Å². The molecule has 2 fully saturated rings. The van der Waals surface area contributed by atoms with Crippen molar-refractivity contribution in [3.8, 4) is 11.5 Å². The Morgan fingerprint density at radius 3 is 2.50 bits per heavy atom. The Labute approximate surface area is 120 Å². The number of methoxy groups -OCH3 is 2. The molecule has 20 heavy (non-hydrogen) atoms. The Morgan fingerprint density at radius 1 is 1.10 bits per heavy atom. The molecular formula is C16H24N2O2. The molecule has 0 aromatic heterocycles. The zero-order valence-electron chi connectivity index (χ0n) is 12.3. The van der Waals surface area contributed by atoms with E-state index in [-0.39, 0.29) is 0 Å². The average Bonchev–Trinajstić information content (AvgIpc) is 2.47. The molecule has 1 aromatic carbocycles. The van der Waals surface area contributed by atoms with Crippen molar-refractivity contribution in [1.29, 1.82) is 0 Å². The number of ether oxygens (including phenoxy) is 2. The Hall–Kier alpha value is -1.42. The van der Waals surface area contributed by atoms with E-state index in [4.69, 9.17) is 9.47 Å². The van der Waals surface area contributed by atoms with Crippen molar-refractivity contribution in [1.82, 2.24) is 5.32 Å². The maximum Gasteiger partial charge on any atom is 0.145 e. The van der Waals surface area contributed by atoms with Crippen molar-refractivity contribution in [2.45, 2.75) is 25.3 Å². The quantitative estimate of drug-likeness (QED) is 0.887. The highest BCUT2D eigenvalue weighted by molar-refractivity contribution is 5.60. The largest absolute Gasteiger partial charge is 0.497 e. The summed E-state index contributed by atoms with van der Waals surface area (Å²) >= 11 is 0. The molecular weight excluding hydrogens is 252 g/mol. The summed E-state index contributed by atoms with van der Waals surface area (Å²) in [5.41, 5.74) is 1.08. The van der Waals surface area contributed by atoms with Crippen LogP contribution >= 0.6 is 0 Å². The second-order valence-corrected chi connectivity index (χ2v) is 5.85. The molecule has 0 unspecified atom stereocenters. The van der Waals surface area contributed by atoms with E-state index >= 15 is 0 Å². The first kappa shape index (κ1) is 13.6. The van der Waals surface area contributed by atoms with Crippen LogP contribution in [0.3, 0.4) is 0 Å². The van der Waals surface area contributed by atoms with Gasteiger partial charge in [-0.05, 0) is 49.9 Å². The van der Waals surface area contributed by atoms with Gasteiger partial charge >= 0.3 is 0 Å². The van der Waals surface area contributed by atoms with Gasteiger partial charge in [-0.25, -0.2) is 0 Å². The Bertz CT molecular complexity index is 442. The highest BCUT2D eigenvalue weighted by Crippen LogP contribution is 2.37. The van der Waals surface area contributed by atoms with Crippen LogP contribution in [0.2, 0.25) is 0 Å². The molecule has 2 bridgehead atoms. The van der Waals surface area contributed by atoms with Crippen molar-refractivity contribution >= 4 is 5.69 Å². The third kappa shape index (κ3) is 2.57. The minimum absolute atomic E-state index is 0.562. The maximum absolute atomic E-state index is 5.49. The van der Waals surface area contributed by atoms with Crippen molar-refractivity contribution in [3.05, 3.63) is 18.2 Å². The van der Waals surface area contributed by atoms with Gasteiger partial charge in [0.2, 0.25) is 0 Å². The fourth-order valence-electron chi connectivity index (χ4n) is 3.63. The topological polar surface area (TPSA) is 42.5 Å². The van der Waals surface area contributed by atoms with Crippen LogP contribution in [0.5, 0.6) is 11.5 Å². The molecule has 1 saturated carbocycles. The SMILES string of the molecule is COc1ccc(NC2[C@@H]3CCC[C@@H]2CNC3)c(OC)c1. The lowest BCUT2D eigenvalue weighted by molar-refractivity contribution is 0.182. The van der Waals surface area contributed by atoms with Gasteiger partial charge in [-0.1, -0.05) is 6.42 Å². The van der Waals surface area contributed by atoms with E-state index in [0.717, 1.165) is 42.1 Å². The summed E-state index contributed by atoms with van der Waals surface area (Å²) in [6.45, 7) is 2.26. The zero-order chi connectivity index (χ0) is 13.9. The van der Waals surface area contributed by atoms with Gasteiger partial charge in [-0.15, -0.1) is 0 Å². The molecule has 2 aliphatic rings. The fourth-order valence-corrected chi connectivity index (χ4v) is 3.63. The molecule has 0 radical (unpaired) electrons. The van der Waals surface area contributed by atoms with Crippen LogP contribution in [0, 0.1) is 11.8 Å². The highest BCUT2D eigenvalue weighted by atomic mass is 16.5. The van der Waals surface area contributed by atoms with E-state index in [1.165, 1.54) is 19.3 Å². The second-order valence-electron chi connectivity index (χ2n) is 5.85. The Morgan fingerprint density at radius 2 is 1.85 bits per heavy atom. The molecule has 1 aromatic rings. The third-order valence-corrected chi connectivity index (χ3v) is 4.71. The minimum atomic E-state index is 0.562. The first-order chi connectivity index (χ1) is 9.81. The minimum Gasteiger partial charge on any atom is -0.497 e. The van der Waals surface area contributed by atoms with Crippen LogP contribution in [0.15, 0.2) is 18.2 Å². The number of piperidine rings is 1. The number of fused-ring (bicyclic) bond motifs is 2. The Balaban J connectivity index is 1.79. The highest BCUT2D eigenvalue weighted by Gasteiger charge is 2.36. The van der Waals surface area contributed by atoms with Crippen LogP contribution in [0.1, 0.15) is 19.3 Å². The lowest BCUT2D eigenvalue weighted by atomic mass is 9.74. The molecule has 1 aliphatic heterocycles. The van der Waals surface area contributed by atoms with Gasteiger partial charge in [-0.2, -0.15) is 0 Å². The van der Waals surface area contributed by atoms with Crippen molar-refractivity contribution in [3.63, 3.8) is 0 Å². The van der Waals surface area contributed by atoms with Crippen LogP contribution < -0.4 is 20.1 Å². The summed E-state index contributed by atoms with van der Waals surface area (Å²) in [6, 6.07) is 6.56. The summed E-state index contributed by atoms with van der Waals surface area (Å²) in [7, 11) is 3.39. The molecule has 0 spiro atoms. The van der Waals surface area contributed by atoms with Gasteiger partial charge in [0.1, 0.15) is 11.5 Å². The third-order valence-electron chi connectivity index (χ3n) is 4.71. The molecule has 2 atom stereocenters. The number of anilines is 1. The molecule has 0 amide bonds. The summed E-state index contributed by atoms with van der Waals surface area (Å²) in [6.07, 6.45) is 4.01. The summed E-state index contributed by atoms with van der Waals surface area (Å²) in [5, 5.41) is 7.29. The fraction of sp³-hybridized carbons (Fsp3) is 0.625. The molecule has 4 heteroatoms. The van der Waals surface area contributed by atoms with E-state index in [9.17, 15) is 0 Å². The molecule has 1 saturated heterocycles. The van der Waals surface area contributed by atoms with Crippen LogP contribution in [-0.2, 0) is 0 Å². The number of benzene rings is 1. The lowest BCUT2D eigenvalue weighted by Crippen LogP contribution is -2.52. The number of hydrogen-bond donors (Lipinski definition) is 2. The van der Waals surface area contributed by atoms with Gasteiger partial charge in [0.25, 0.3) is 0 Å². The maximum atomic E-state index is 5.49. The number of hydrogen-bond acceptors (Lipinski definition) is 4. The van der Waals surface area contributed by atoms with E-state index in [1.807, 2.05) is 12.1 Å². The summed E-state index contributed by atoms with van der Waals surface area (Å²) < 4.78 is 10.8. The van der Waals surface area contributed by atoms with Crippen molar-refractivity contribution in [2.75, 3.05) is 32.6 Å². The van der Waals surface area contributed by atoms with E-state index < -0.39 is 0 Å². The van der Waals surface area contributed by atoms with E-state index in [1.54, 1.807) is 14.2 Å². The predicted molar refractivity (Wildman–Crippen MR) is 80.7 cm³/mol. The number of nitrogens with one attached hydrogen (secondary N) is 2. The van der Waals surface area contributed by atoms with Crippen LogP contribution in [0.4, 0.5) is 5.69 Å². The zero-order valence-corrected chi connectivity index (χ0v) is 12.3. The molecule has 3 rings (SSSR count). The average molecular weight is 276 g/mol. The standard InChI is InChI=1S/C16H24N2O2/c1-19-13-6-7-14(15(8-13)20-2)18-16-11-4-3-5-12(16)10-17-9-11/h6-8,11-12,16-18H,3-5,9-10H2,1-2H3/t11-,12-/m1/s1. The normalized spacial score (nSPS) is 28.8. The lowest BCUT2D eigenvalue weighted by Gasteiger charge is -2.43. The molecule has 4 nitrogen and oxygen atoms in total. The summed E-state index contributed by atoms with van der Waals surface area (Å²) in [5.74, 6) is 3.16. The molecule has 1 aliphatic carbocycles. The smallest absolute Gasteiger partial charge is 0.145 e. The van der Waals surface area contributed by atoms with E-state index in [0.29, 0.717) is 6.04 Å². The van der Waals surface area contributed by atoms with Gasteiger partial charge < -0.3 is 20.1 Å². The van der Waals surface area contributed by atoms with Crippen molar-refractivity contribution in [2.24, 2.45) is 11.8 Å². The van der Waals surface area contributed by atoms with Crippen molar-refractivity contribution < 1.29 is 9.47 Å². The molecule has 1 heterocycles. The van der Waals surface area contributed by atoms with Crippen LogP contribution in [0.25, 0.3) is 0 Å². The van der Waals surface area contributed by atoms with E-state index in [2.05, 4.69) is 16.7 Å². The second kappa shape index (κ2) is 5.92. The monoisotopic (exact) mass is 276 g/mol. The summed E-state index contributed by atoms with van der Waals surface area (Å²) in [4.78, 5) is 0. The van der Waals surface area contributed by atoms with Gasteiger partial charge in [0, 0.05) is 12.1 Å². The number of rotatable bonds is 4. The molecule has 110 valence electrons.